The number of hydrogen-bond donors (Lipinski definition) is 0. The Labute approximate surface area is 164 Å². The van der Waals surface area contributed by atoms with Crippen LogP contribution in [0.25, 0.3) is 0 Å². The van der Waals surface area contributed by atoms with Crippen LogP contribution in [0, 0.1) is 13.8 Å². The fraction of sp³-hybridized carbons (Fsp3) is 0.412. The van der Waals surface area contributed by atoms with Crippen LogP contribution in [-0.4, -0.2) is 61.2 Å². The number of rotatable bonds is 4. The van der Waals surface area contributed by atoms with Gasteiger partial charge in [-0.1, -0.05) is 5.16 Å². The van der Waals surface area contributed by atoms with Gasteiger partial charge in [0.15, 0.2) is 5.76 Å². The van der Waals surface area contributed by atoms with Gasteiger partial charge in [-0.25, -0.2) is 8.42 Å². The summed E-state index contributed by atoms with van der Waals surface area (Å²) in [6, 6.07) is 4.57. The second-order valence-electron chi connectivity index (χ2n) is 6.42. The number of hydrogen-bond acceptors (Lipinski definition) is 6. The van der Waals surface area contributed by atoms with Crippen LogP contribution in [0.3, 0.4) is 0 Å². The van der Waals surface area contributed by atoms with E-state index in [9.17, 15) is 26.4 Å². The van der Waals surface area contributed by atoms with Crippen LogP contribution in [0.1, 0.15) is 21.8 Å². The lowest BCUT2D eigenvalue weighted by molar-refractivity contribution is -0.274. The number of sulfonamides is 1. The monoisotopic (exact) mass is 433 g/mol. The molecule has 158 valence electrons. The first kappa shape index (κ1) is 21.1. The van der Waals surface area contributed by atoms with E-state index in [-0.39, 0.29) is 48.1 Å². The molecule has 8 nitrogen and oxygen atoms in total. The van der Waals surface area contributed by atoms with Gasteiger partial charge in [-0.15, -0.1) is 13.2 Å². The molecule has 1 amide bonds. The predicted octanol–water partition coefficient (Wildman–Crippen LogP) is 2.34. The van der Waals surface area contributed by atoms with Crippen molar-refractivity contribution in [2.45, 2.75) is 25.1 Å². The summed E-state index contributed by atoms with van der Waals surface area (Å²) in [5.41, 5.74) is 0.448. The Hall–Kier alpha value is -2.60. The summed E-state index contributed by atoms with van der Waals surface area (Å²) < 4.78 is 72.2. The maximum absolute atomic E-state index is 12.8. The molecular formula is C17H18F3N3O5S. The maximum atomic E-state index is 12.8. The normalized spacial score (nSPS) is 16.1. The molecule has 2 heterocycles. The zero-order valence-corrected chi connectivity index (χ0v) is 16.4. The highest BCUT2D eigenvalue weighted by Crippen LogP contribution is 2.25. The third-order valence-corrected chi connectivity index (χ3v) is 6.57. The molecule has 0 atom stereocenters. The summed E-state index contributed by atoms with van der Waals surface area (Å²) >= 11 is 0. The lowest BCUT2D eigenvalue weighted by Gasteiger charge is -2.34. The average Bonchev–Trinajstić information content (AvgIpc) is 2.99. The quantitative estimate of drug-likeness (QED) is 0.735. The van der Waals surface area contributed by atoms with E-state index in [2.05, 4.69) is 9.89 Å². The average molecular weight is 433 g/mol. The van der Waals surface area contributed by atoms with E-state index in [0.29, 0.717) is 0 Å². The number of aromatic nitrogens is 1. The molecule has 29 heavy (non-hydrogen) atoms. The summed E-state index contributed by atoms with van der Waals surface area (Å²) in [5, 5.41) is 3.66. The lowest BCUT2D eigenvalue weighted by atomic mass is 10.2. The van der Waals surface area contributed by atoms with Crippen LogP contribution in [0.2, 0.25) is 0 Å². The number of nitrogens with zero attached hydrogens (tertiary/aromatic N) is 3. The molecule has 1 aliphatic rings. The van der Waals surface area contributed by atoms with Crippen LogP contribution in [0.5, 0.6) is 5.75 Å². The van der Waals surface area contributed by atoms with Crippen molar-refractivity contribution < 1.29 is 35.6 Å². The number of benzene rings is 1. The Morgan fingerprint density at radius 2 is 1.69 bits per heavy atom. The predicted molar refractivity (Wildman–Crippen MR) is 93.8 cm³/mol. The van der Waals surface area contributed by atoms with Gasteiger partial charge < -0.3 is 14.2 Å². The lowest BCUT2D eigenvalue weighted by Crippen LogP contribution is -2.50. The molecule has 12 heteroatoms. The van der Waals surface area contributed by atoms with Crippen LogP contribution in [0.4, 0.5) is 13.2 Å². The first-order valence-corrected chi connectivity index (χ1v) is 10.0. The first-order valence-electron chi connectivity index (χ1n) is 8.57. The van der Waals surface area contributed by atoms with E-state index in [1.807, 2.05) is 0 Å². The minimum absolute atomic E-state index is 0.0255. The van der Waals surface area contributed by atoms with Gasteiger partial charge in [0, 0.05) is 31.7 Å². The van der Waals surface area contributed by atoms with Gasteiger partial charge in [-0.3, -0.25) is 4.79 Å². The zero-order chi connectivity index (χ0) is 21.4. The van der Waals surface area contributed by atoms with Gasteiger partial charge >= 0.3 is 6.36 Å². The van der Waals surface area contributed by atoms with Gasteiger partial charge in [-0.05, 0) is 38.1 Å². The third kappa shape index (κ3) is 4.53. The maximum Gasteiger partial charge on any atom is 0.573 e. The summed E-state index contributed by atoms with van der Waals surface area (Å²) in [5.74, 6) is -0.635. The molecule has 2 aromatic rings. The summed E-state index contributed by atoms with van der Waals surface area (Å²) in [6.45, 7) is 3.49. The van der Waals surface area contributed by atoms with Crippen LogP contribution >= 0.6 is 0 Å². The molecule has 0 aliphatic carbocycles. The van der Waals surface area contributed by atoms with Crippen LogP contribution in [-0.2, 0) is 10.0 Å². The number of ether oxygens (including phenoxy) is 1. The standard InChI is InChI=1S/C17H18F3N3O5S/c1-11-15(12(2)28-21-11)29(25,26)23-9-7-22(8-10-23)16(24)13-3-5-14(6-4-13)27-17(18,19)20/h3-6H,7-10H2,1-2H3. The van der Waals surface area contributed by atoms with E-state index < -0.39 is 28.0 Å². The minimum atomic E-state index is -4.81. The number of halogens is 3. The molecular weight excluding hydrogens is 415 g/mol. The molecule has 0 spiro atoms. The fourth-order valence-corrected chi connectivity index (χ4v) is 4.80. The molecule has 1 aromatic heterocycles. The Morgan fingerprint density at radius 1 is 1.10 bits per heavy atom. The van der Waals surface area contributed by atoms with Crippen molar-refractivity contribution in [2.24, 2.45) is 0 Å². The Kier molecular flexibility index (Phi) is 5.59. The van der Waals surface area contributed by atoms with Gasteiger partial charge in [0.1, 0.15) is 16.3 Å². The summed E-state index contributed by atoms with van der Waals surface area (Å²) in [6.07, 6.45) is -4.81. The molecule has 0 bridgehead atoms. The van der Waals surface area contributed by atoms with E-state index in [1.165, 1.54) is 35.2 Å². The molecule has 1 saturated heterocycles. The van der Waals surface area contributed by atoms with E-state index in [4.69, 9.17) is 4.52 Å². The zero-order valence-electron chi connectivity index (χ0n) is 15.6. The van der Waals surface area contributed by atoms with Crippen molar-refractivity contribution in [3.63, 3.8) is 0 Å². The molecule has 1 aromatic carbocycles. The Balaban J connectivity index is 1.65. The van der Waals surface area contributed by atoms with Crippen LogP contribution < -0.4 is 4.74 Å². The first-order chi connectivity index (χ1) is 13.5. The summed E-state index contributed by atoms with van der Waals surface area (Å²) in [4.78, 5) is 14.0. The van der Waals surface area contributed by atoms with Crippen molar-refractivity contribution in [3.8, 4) is 5.75 Å². The molecule has 0 unspecified atom stereocenters. The third-order valence-electron chi connectivity index (χ3n) is 4.43. The number of piperazine rings is 1. The van der Waals surface area contributed by atoms with E-state index in [0.717, 1.165) is 12.1 Å². The van der Waals surface area contributed by atoms with Gasteiger partial charge in [0.2, 0.25) is 10.0 Å². The summed E-state index contributed by atoms with van der Waals surface area (Å²) in [7, 11) is -3.80. The topological polar surface area (TPSA) is 93.0 Å². The Morgan fingerprint density at radius 3 is 2.17 bits per heavy atom. The second kappa shape index (κ2) is 7.67. The number of carbonyl (C=O) groups excluding carboxylic acids is 1. The van der Waals surface area contributed by atoms with Crippen molar-refractivity contribution >= 4 is 15.9 Å². The molecule has 0 N–H and O–H groups in total. The van der Waals surface area contributed by atoms with Crippen LogP contribution in [0.15, 0.2) is 33.7 Å². The molecule has 0 radical (unpaired) electrons. The fourth-order valence-electron chi connectivity index (χ4n) is 3.09. The SMILES string of the molecule is Cc1noc(C)c1S(=O)(=O)N1CCN(C(=O)c2ccc(OC(F)(F)F)cc2)CC1. The highest BCUT2D eigenvalue weighted by molar-refractivity contribution is 7.89. The smallest absolute Gasteiger partial charge is 0.406 e. The van der Waals surface area contributed by atoms with Crippen molar-refractivity contribution in [3.05, 3.63) is 41.3 Å². The van der Waals surface area contributed by atoms with E-state index >= 15 is 0 Å². The number of aryl methyl sites for hydroxylation is 2. The molecule has 3 rings (SSSR count). The Bertz CT molecular complexity index is 975. The second-order valence-corrected chi connectivity index (χ2v) is 8.30. The molecule has 1 fully saturated rings. The molecule has 0 saturated carbocycles. The molecule has 1 aliphatic heterocycles. The van der Waals surface area contributed by atoms with Gasteiger partial charge in [0.25, 0.3) is 5.91 Å². The highest BCUT2D eigenvalue weighted by Gasteiger charge is 2.34. The number of alkyl halides is 3. The van der Waals surface area contributed by atoms with Crippen molar-refractivity contribution in [1.29, 1.82) is 0 Å². The van der Waals surface area contributed by atoms with E-state index in [1.54, 1.807) is 0 Å². The number of carbonyl (C=O) groups is 1. The number of amides is 1. The minimum Gasteiger partial charge on any atom is -0.406 e. The van der Waals surface area contributed by atoms with Crippen molar-refractivity contribution in [2.75, 3.05) is 26.2 Å². The largest absolute Gasteiger partial charge is 0.573 e. The highest BCUT2D eigenvalue weighted by atomic mass is 32.2. The van der Waals surface area contributed by atoms with Crippen molar-refractivity contribution in [1.82, 2.24) is 14.4 Å². The van der Waals surface area contributed by atoms with Gasteiger partial charge in [-0.2, -0.15) is 4.31 Å². The van der Waals surface area contributed by atoms with Gasteiger partial charge in [0.05, 0.1) is 0 Å².